The van der Waals surface area contributed by atoms with Crippen LogP contribution in [0.4, 0.5) is 0 Å². The van der Waals surface area contributed by atoms with Crippen LogP contribution in [0.2, 0.25) is 0 Å². The minimum absolute atomic E-state index is 0.00696. The Labute approximate surface area is 202 Å². The van der Waals surface area contributed by atoms with E-state index in [4.69, 9.17) is 10.2 Å². The van der Waals surface area contributed by atoms with Crippen molar-refractivity contribution >= 4 is 78.5 Å². The minimum Gasteiger partial charge on any atom is -0.481 e. The highest BCUT2D eigenvalue weighted by atomic mass is 32.1. The first kappa shape index (κ1) is 23.5. The van der Waals surface area contributed by atoms with Gasteiger partial charge in [-0.3, -0.25) is 19.2 Å². The molecule has 8 heteroatoms. The molecule has 2 aromatic carbocycles. The van der Waals surface area contributed by atoms with Crippen molar-refractivity contribution < 1.29 is 29.4 Å². The Balaban J connectivity index is 1.49. The third kappa shape index (κ3) is 5.65. The second-order valence-electron chi connectivity index (χ2n) is 7.78. The number of carboxylic acid groups (broad SMARTS) is 2. The van der Waals surface area contributed by atoms with Gasteiger partial charge < -0.3 is 10.2 Å². The summed E-state index contributed by atoms with van der Waals surface area (Å²) >= 11 is 2.73. The molecule has 2 heterocycles. The molecule has 0 aliphatic carbocycles. The van der Waals surface area contributed by atoms with Crippen molar-refractivity contribution in [2.75, 3.05) is 0 Å². The molecule has 0 saturated heterocycles. The smallest absolute Gasteiger partial charge is 0.303 e. The number of hydrogen-bond donors (Lipinski definition) is 2. The fourth-order valence-electron chi connectivity index (χ4n) is 3.46. The van der Waals surface area contributed by atoms with Crippen molar-refractivity contribution in [2.24, 2.45) is 0 Å². The maximum absolute atomic E-state index is 12.2. The van der Waals surface area contributed by atoms with Gasteiger partial charge in [0, 0.05) is 22.2 Å². The van der Waals surface area contributed by atoms with E-state index in [2.05, 4.69) is 0 Å². The van der Waals surface area contributed by atoms with Gasteiger partial charge in [0.2, 0.25) is 0 Å². The molecule has 172 valence electrons. The van der Waals surface area contributed by atoms with E-state index in [9.17, 15) is 19.2 Å². The van der Waals surface area contributed by atoms with Gasteiger partial charge in [0.25, 0.3) is 0 Å². The third-order valence-corrected chi connectivity index (χ3v) is 7.52. The van der Waals surface area contributed by atoms with Gasteiger partial charge in [-0.05, 0) is 46.2 Å². The van der Waals surface area contributed by atoms with Crippen LogP contribution in [0, 0.1) is 0 Å². The molecular formula is C26H20O6S2. The van der Waals surface area contributed by atoms with E-state index < -0.39 is 11.9 Å². The zero-order valence-corrected chi connectivity index (χ0v) is 19.6. The molecule has 0 saturated carbocycles. The highest BCUT2D eigenvalue weighted by Gasteiger charge is 2.13. The topological polar surface area (TPSA) is 109 Å². The standard InChI is InChI=1S/C26H20O6S2/c27-19(7-9-25(29)30)23-13-17-5-3-15(11-21(17)33-23)1-2-16-4-6-18-14-24(34-22(18)12-16)20(28)8-10-26(31)32/h1-6,11-14H,7-10H2,(H,29,30)(H,31,32)/b2-1-. The number of carboxylic acids is 2. The van der Waals surface area contributed by atoms with Crippen molar-refractivity contribution in [3.63, 3.8) is 0 Å². The predicted molar refractivity (Wildman–Crippen MR) is 135 cm³/mol. The summed E-state index contributed by atoms with van der Waals surface area (Å²) in [6.07, 6.45) is 3.58. The van der Waals surface area contributed by atoms with Gasteiger partial charge in [-0.15, -0.1) is 22.7 Å². The average Bonchev–Trinajstić information content (AvgIpc) is 3.43. The van der Waals surface area contributed by atoms with Crippen LogP contribution in [-0.4, -0.2) is 33.7 Å². The van der Waals surface area contributed by atoms with Crippen LogP contribution in [0.5, 0.6) is 0 Å². The summed E-state index contributed by atoms with van der Waals surface area (Å²) in [5, 5.41) is 19.4. The van der Waals surface area contributed by atoms with Crippen molar-refractivity contribution in [2.45, 2.75) is 25.7 Å². The highest BCUT2D eigenvalue weighted by Crippen LogP contribution is 2.30. The zero-order valence-electron chi connectivity index (χ0n) is 17.9. The summed E-state index contributed by atoms with van der Waals surface area (Å²) in [7, 11) is 0. The fourth-order valence-corrected chi connectivity index (χ4v) is 5.61. The Morgan fingerprint density at radius 1 is 0.618 bits per heavy atom. The van der Waals surface area contributed by atoms with Gasteiger partial charge >= 0.3 is 11.9 Å². The molecule has 2 aromatic heterocycles. The van der Waals surface area contributed by atoms with E-state index in [0.29, 0.717) is 9.75 Å². The van der Waals surface area contributed by atoms with E-state index in [1.807, 2.05) is 48.6 Å². The summed E-state index contributed by atoms with van der Waals surface area (Å²) < 4.78 is 1.91. The second kappa shape index (κ2) is 10.1. The molecule has 0 bridgehead atoms. The Hall–Kier alpha value is -3.62. The molecule has 0 radical (unpaired) electrons. The lowest BCUT2D eigenvalue weighted by atomic mass is 10.1. The number of Topliss-reactive ketones (excluding diaryl/α,β-unsaturated/α-hetero) is 2. The third-order valence-electron chi connectivity index (χ3n) is 5.24. The van der Waals surface area contributed by atoms with E-state index in [0.717, 1.165) is 31.3 Å². The number of ketones is 2. The lowest BCUT2D eigenvalue weighted by Gasteiger charge is -1.96. The van der Waals surface area contributed by atoms with E-state index in [1.165, 1.54) is 22.7 Å². The zero-order chi connectivity index (χ0) is 24.2. The van der Waals surface area contributed by atoms with Crippen LogP contribution in [0.1, 0.15) is 56.2 Å². The van der Waals surface area contributed by atoms with Gasteiger partial charge in [-0.1, -0.05) is 36.4 Å². The number of hydrogen-bond acceptors (Lipinski definition) is 6. The molecule has 0 aliphatic heterocycles. The van der Waals surface area contributed by atoms with Crippen molar-refractivity contribution in [1.82, 2.24) is 0 Å². The summed E-state index contributed by atoms with van der Waals surface area (Å²) in [6, 6.07) is 15.4. The first-order chi connectivity index (χ1) is 16.3. The summed E-state index contributed by atoms with van der Waals surface area (Å²) in [5.41, 5.74) is 1.93. The normalized spacial score (nSPS) is 11.4. The molecule has 0 amide bonds. The predicted octanol–water partition coefficient (Wildman–Crippen LogP) is 6.38. The van der Waals surface area contributed by atoms with Crippen LogP contribution < -0.4 is 0 Å². The molecular weight excluding hydrogens is 472 g/mol. The molecule has 2 N–H and O–H groups in total. The first-order valence-corrected chi connectivity index (χ1v) is 12.2. The molecule has 0 atom stereocenters. The van der Waals surface area contributed by atoms with Crippen LogP contribution in [0.25, 0.3) is 32.3 Å². The van der Waals surface area contributed by atoms with Gasteiger partial charge in [0.1, 0.15) is 0 Å². The number of carbonyl (C=O) groups excluding carboxylic acids is 2. The lowest BCUT2D eigenvalue weighted by Crippen LogP contribution is -2.01. The number of thiophene rings is 2. The quantitative estimate of drug-likeness (QED) is 0.196. The summed E-state index contributed by atoms with van der Waals surface area (Å²) in [6.45, 7) is 0. The monoisotopic (exact) mass is 492 g/mol. The number of rotatable bonds is 10. The Kier molecular flexibility index (Phi) is 7.00. The van der Waals surface area contributed by atoms with Crippen LogP contribution >= 0.6 is 22.7 Å². The Morgan fingerprint density at radius 2 is 1.03 bits per heavy atom. The average molecular weight is 493 g/mol. The van der Waals surface area contributed by atoms with Crippen LogP contribution in [0.3, 0.4) is 0 Å². The van der Waals surface area contributed by atoms with Crippen LogP contribution in [-0.2, 0) is 9.59 Å². The maximum Gasteiger partial charge on any atom is 0.303 e. The second-order valence-corrected chi connectivity index (χ2v) is 9.95. The van der Waals surface area contributed by atoms with Gasteiger partial charge in [0.15, 0.2) is 11.6 Å². The number of benzene rings is 2. The lowest BCUT2D eigenvalue weighted by molar-refractivity contribution is -0.137. The van der Waals surface area contributed by atoms with Gasteiger partial charge in [-0.25, -0.2) is 0 Å². The van der Waals surface area contributed by atoms with E-state index in [1.54, 1.807) is 12.1 Å². The summed E-state index contributed by atoms with van der Waals surface area (Å²) in [4.78, 5) is 47.0. The minimum atomic E-state index is -0.983. The fraction of sp³-hybridized carbons (Fsp3) is 0.154. The SMILES string of the molecule is O=C(O)CCC(=O)c1cc2ccc(/C=C\c3ccc4cc(C(=O)CCC(=O)O)sc4c3)cc2s1. The number of aliphatic carboxylic acids is 2. The molecule has 4 aromatic rings. The molecule has 6 nitrogen and oxygen atoms in total. The van der Waals surface area contributed by atoms with E-state index >= 15 is 0 Å². The highest BCUT2D eigenvalue weighted by molar-refractivity contribution is 7.21. The van der Waals surface area contributed by atoms with Crippen molar-refractivity contribution in [1.29, 1.82) is 0 Å². The van der Waals surface area contributed by atoms with Gasteiger partial charge in [-0.2, -0.15) is 0 Å². The molecule has 34 heavy (non-hydrogen) atoms. The number of fused-ring (bicyclic) bond motifs is 2. The van der Waals surface area contributed by atoms with Crippen LogP contribution in [0.15, 0.2) is 48.5 Å². The van der Waals surface area contributed by atoms with E-state index in [-0.39, 0.29) is 37.2 Å². The van der Waals surface area contributed by atoms with Crippen molar-refractivity contribution in [3.8, 4) is 0 Å². The first-order valence-electron chi connectivity index (χ1n) is 10.5. The van der Waals surface area contributed by atoms with Crippen molar-refractivity contribution in [3.05, 3.63) is 69.4 Å². The molecule has 0 fully saturated rings. The largest absolute Gasteiger partial charge is 0.481 e. The Morgan fingerprint density at radius 3 is 1.41 bits per heavy atom. The summed E-state index contributed by atoms with van der Waals surface area (Å²) in [5.74, 6) is -2.29. The molecule has 0 aliphatic rings. The number of carbonyl (C=O) groups is 4. The van der Waals surface area contributed by atoms with Gasteiger partial charge in [0.05, 0.1) is 22.6 Å². The molecule has 0 unspecified atom stereocenters. The Bertz CT molecular complexity index is 1350. The molecule has 0 spiro atoms. The molecule has 4 rings (SSSR count). The maximum atomic E-state index is 12.2.